The van der Waals surface area contributed by atoms with E-state index < -0.39 is 26.7 Å². The summed E-state index contributed by atoms with van der Waals surface area (Å²) < 4.78 is 66.2. The Hall–Kier alpha value is -3.36. The number of hydrogen-bond donors (Lipinski definition) is 0. The Morgan fingerprint density at radius 2 is 1.82 bits per heavy atom. The fourth-order valence-corrected chi connectivity index (χ4v) is 6.96. The molecule has 2 aliphatic heterocycles. The fourth-order valence-electron chi connectivity index (χ4n) is 5.26. The Morgan fingerprint density at radius 1 is 1.10 bits per heavy atom. The molecule has 0 amide bonds. The predicted octanol–water partition coefficient (Wildman–Crippen LogP) is 2.66. The molecule has 3 aromatic rings. The Labute approximate surface area is 232 Å². The third kappa shape index (κ3) is 5.74. The van der Waals surface area contributed by atoms with Gasteiger partial charge in [-0.2, -0.15) is 0 Å². The summed E-state index contributed by atoms with van der Waals surface area (Å²) in [5, 5.41) is 7.92. The average molecular weight is 577 g/mol. The van der Waals surface area contributed by atoms with Crippen LogP contribution < -0.4 is 14.4 Å². The molecule has 0 aliphatic carbocycles. The molecule has 2 aliphatic rings. The van der Waals surface area contributed by atoms with Gasteiger partial charge in [0.2, 0.25) is 5.95 Å². The lowest BCUT2D eigenvalue weighted by Gasteiger charge is -2.37. The topological polar surface area (TPSA) is 131 Å². The second kappa shape index (κ2) is 12.0. The SMILES string of the molecule is CCO[C@H]1C[C@H](S(=O)(=O)Cc2nnc([C@@H]3CCCO3)n2-c2c(OC)cccc2OC)CN(c2ncc(F)cn2)C1. The van der Waals surface area contributed by atoms with E-state index in [0.29, 0.717) is 49.2 Å². The van der Waals surface area contributed by atoms with Gasteiger partial charge in [-0.15, -0.1) is 10.2 Å². The summed E-state index contributed by atoms with van der Waals surface area (Å²) in [6, 6.07) is 5.32. The number of ether oxygens (including phenoxy) is 4. The van der Waals surface area contributed by atoms with Crippen LogP contribution in [-0.4, -0.2) is 85.0 Å². The number of para-hydroxylation sites is 1. The monoisotopic (exact) mass is 576 g/mol. The van der Waals surface area contributed by atoms with Crippen LogP contribution in [0.15, 0.2) is 30.6 Å². The summed E-state index contributed by atoms with van der Waals surface area (Å²) in [5.74, 6) is 0.943. The first-order chi connectivity index (χ1) is 19.3. The van der Waals surface area contributed by atoms with E-state index in [9.17, 15) is 12.8 Å². The molecule has 3 atom stereocenters. The largest absolute Gasteiger partial charge is 0.494 e. The van der Waals surface area contributed by atoms with E-state index in [-0.39, 0.29) is 30.5 Å². The molecule has 0 spiro atoms. The maximum atomic E-state index is 14.0. The van der Waals surface area contributed by atoms with Crippen molar-refractivity contribution >= 4 is 15.8 Å². The molecule has 0 N–H and O–H groups in total. The molecule has 40 heavy (non-hydrogen) atoms. The molecule has 0 unspecified atom stereocenters. The standard InChI is InChI=1S/C26H33FN6O6S/c1-4-38-18-11-19(15-32(14-18)26-28-12-17(27)13-29-26)40(34,35)16-23-30-31-25(22-9-6-10-39-22)33(23)24-20(36-2)7-5-8-21(24)37-3/h5,7-8,12-13,18-19,22H,4,6,9-11,14-16H2,1-3H3/t18-,19-,22-/m0/s1. The molecule has 0 saturated carbocycles. The summed E-state index contributed by atoms with van der Waals surface area (Å²) in [6.07, 6.45) is 3.28. The van der Waals surface area contributed by atoms with Crippen molar-refractivity contribution in [1.82, 2.24) is 24.7 Å². The van der Waals surface area contributed by atoms with Crippen molar-refractivity contribution in [1.29, 1.82) is 0 Å². The van der Waals surface area contributed by atoms with Gasteiger partial charge in [0.25, 0.3) is 0 Å². The van der Waals surface area contributed by atoms with Gasteiger partial charge < -0.3 is 23.8 Å². The molecule has 216 valence electrons. The highest BCUT2D eigenvalue weighted by Crippen LogP contribution is 2.38. The van der Waals surface area contributed by atoms with Crippen molar-refractivity contribution in [2.24, 2.45) is 0 Å². The Morgan fingerprint density at radius 3 is 2.45 bits per heavy atom. The van der Waals surface area contributed by atoms with Crippen LogP contribution in [-0.2, 0) is 25.1 Å². The van der Waals surface area contributed by atoms with Crippen LogP contribution in [0.4, 0.5) is 10.3 Å². The van der Waals surface area contributed by atoms with Gasteiger partial charge in [0.1, 0.15) is 29.0 Å². The van der Waals surface area contributed by atoms with Gasteiger partial charge in [0.15, 0.2) is 27.3 Å². The van der Waals surface area contributed by atoms with Crippen molar-refractivity contribution < 1.29 is 31.8 Å². The minimum atomic E-state index is -3.81. The fraction of sp³-hybridized carbons (Fsp3) is 0.538. The van der Waals surface area contributed by atoms with E-state index in [4.69, 9.17) is 18.9 Å². The summed E-state index contributed by atoms with van der Waals surface area (Å²) in [5.41, 5.74) is 0.505. The number of aromatic nitrogens is 5. The zero-order valence-electron chi connectivity index (χ0n) is 22.7. The van der Waals surface area contributed by atoms with Gasteiger partial charge in [-0.25, -0.2) is 22.8 Å². The van der Waals surface area contributed by atoms with E-state index in [0.717, 1.165) is 25.2 Å². The first kappa shape index (κ1) is 28.2. The van der Waals surface area contributed by atoms with Crippen LogP contribution in [0.25, 0.3) is 5.69 Å². The lowest BCUT2D eigenvalue weighted by molar-refractivity contribution is 0.0531. The molecule has 14 heteroatoms. The van der Waals surface area contributed by atoms with Crippen molar-refractivity contribution in [2.75, 3.05) is 45.4 Å². The van der Waals surface area contributed by atoms with Crippen molar-refractivity contribution in [2.45, 2.75) is 49.4 Å². The molecular weight excluding hydrogens is 543 g/mol. The zero-order chi connectivity index (χ0) is 28.3. The van der Waals surface area contributed by atoms with E-state index in [1.54, 1.807) is 27.7 Å². The maximum Gasteiger partial charge on any atom is 0.225 e. The number of halogens is 1. The van der Waals surface area contributed by atoms with Gasteiger partial charge >= 0.3 is 0 Å². The number of piperidine rings is 1. The summed E-state index contributed by atoms with van der Waals surface area (Å²) in [7, 11) is -0.745. The van der Waals surface area contributed by atoms with Gasteiger partial charge in [0.05, 0.1) is 38.0 Å². The smallest absolute Gasteiger partial charge is 0.225 e. The third-order valence-electron chi connectivity index (χ3n) is 7.10. The number of rotatable bonds is 10. The van der Waals surface area contributed by atoms with E-state index >= 15 is 0 Å². The molecule has 1 aromatic carbocycles. The molecule has 12 nitrogen and oxygen atoms in total. The molecule has 5 rings (SSSR count). The number of nitrogens with zero attached hydrogens (tertiary/aromatic N) is 6. The quantitative estimate of drug-likeness (QED) is 0.353. The normalized spacial score (nSPS) is 21.5. The molecular formula is C26H33FN6O6S. The number of benzene rings is 1. The van der Waals surface area contributed by atoms with Crippen molar-refractivity contribution in [3.05, 3.63) is 48.1 Å². The van der Waals surface area contributed by atoms with Crippen molar-refractivity contribution in [3.8, 4) is 17.2 Å². The summed E-state index contributed by atoms with van der Waals surface area (Å²) in [6.45, 7) is 3.37. The van der Waals surface area contributed by atoms with Crippen LogP contribution in [0.3, 0.4) is 0 Å². The highest BCUT2D eigenvalue weighted by atomic mass is 32.2. The number of hydrogen-bond acceptors (Lipinski definition) is 11. The Kier molecular flexibility index (Phi) is 8.47. The molecule has 0 radical (unpaired) electrons. The van der Waals surface area contributed by atoms with Gasteiger partial charge in [-0.1, -0.05) is 6.07 Å². The zero-order valence-corrected chi connectivity index (χ0v) is 23.5. The van der Waals surface area contributed by atoms with E-state index in [1.165, 1.54) is 14.2 Å². The first-order valence-electron chi connectivity index (χ1n) is 13.2. The lowest BCUT2D eigenvalue weighted by atomic mass is 10.1. The predicted molar refractivity (Wildman–Crippen MR) is 143 cm³/mol. The van der Waals surface area contributed by atoms with E-state index in [1.807, 2.05) is 6.92 Å². The minimum Gasteiger partial charge on any atom is -0.494 e. The second-order valence-electron chi connectivity index (χ2n) is 9.67. The summed E-state index contributed by atoms with van der Waals surface area (Å²) in [4.78, 5) is 9.83. The van der Waals surface area contributed by atoms with Gasteiger partial charge in [-0.3, -0.25) is 4.57 Å². The minimum absolute atomic E-state index is 0.127. The Balaban J connectivity index is 1.52. The maximum absolute atomic E-state index is 14.0. The number of methoxy groups -OCH3 is 2. The number of anilines is 1. The average Bonchev–Trinajstić information content (AvgIpc) is 3.63. The Bertz CT molecular complexity index is 1390. The van der Waals surface area contributed by atoms with Crippen LogP contribution >= 0.6 is 0 Å². The second-order valence-corrected chi connectivity index (χ2v) is 12.0. The summed E-state index contributed by atoms with van der Waals surface area (Å²) >= 11 is 0. The van der Waals surface area contributed by atoms with Gasteiger partial charge in [-0.05, 0) is 38.3 Å². The van der Waals surface area contributed by atoms with Crippen LogP contribution in [0.1, 0.15) is 43.9 Å². The van der Waals surface area contributed by atoms with Gasteiger partial charge in [0, 0.05) is 26.3 Å². The van der Waals surface area contributed by atoms with Crippen LogP contribution in [0, 0.1) is 5.82 Å². The molecule has 2 aromatic heterocycles. The molecule has 2 fully saturated rings. The number of sulfone groups is 1. The van der Waals surface area contributed by atoms with Crippen molar-refractivity contribution in [3.63, 3.8) is 0 Å². The first-order valence-corrected chi connectivity index (χ1v) is 14.9. The van der Waals surface area contributed by atoms with Crippen LogP contribution in [0.5, 0.6) is 11.5 Å². The molecule has 4 heterocycles. The van der Waals surface area contributed by atoms with E-state index in [2.05, 4.69) is 20.2 Å². The third-order valence-corrected chi connectivity index (χ3v) is 9.12. The molecule has 0 bridgehead atoms. The highest BCUT2D eigenvalue weighted by Gasteiger charge is 2.39. The van der Waals surface area contributed by atoms with Crippen LogP contribution in [0.2, 0.25) is 0 Å². The lowest BCUT2D eigenvalue weighted by Crippen LogP contribution is -2.50. The molecule has 2 saturated heterocycles. The highest BCUT2D eigenvalue weighted by molar-refractivity contribution is 7.91.